The zero-order valence-electron chi connectivity index (χ0n) is 10.3. The number of hydrogen-bond acceptors (Lipinski definition) is 3. The quantitative estimate of drug-likeness (QED) is 0.595. The van der Waals surface area contributed by atoms with Crippen molar-refractivity contribution in [3.05, 3.63) is 41.7 Å². The third-order valence-electron chi connectivity index (χ3n) is 3.94. The van der Waals surface area contributed by atoms with Gasteiger partial charge in [0.15, 0.2) is 0 Å². The van der Waals surface area contributed by atoms with E-state index < -0.39 is 0 Å². The number of aliphatic imine (C=N–C) groups is 1. The van der Waals surface area contributed by atoms with Gasteiger partial charge < -0.3 is 0 Å². The third-order valence-corrected chi connectivity index (χ3v) is 3.94. The van der Waals surface area contributed by atoms with Gasteiger partial charge in [-0.25, -0.2) is 4.79 Å². The van der Waals surface area contributed by atoms with Crippen molar-refractivity contribution in [2.75, 3.05) is 0 Å². The van der Waals surface area contributed by atoms with Crippen LogP contribution in [0.2, 0.25) is 0 Å². The summed E-state index contributed by atoms with van der Waals surface area (Å²) in [6.07, 6.45) is 6.55. The molecule has 0 amide bonds. The minimum Gasteiger partial charge on any atom is -0.261 e. The van der Waals surface area contributed by atoms with Crippen LogP contribution in [0, 0.1) is 6.92 Å². The van der Waals surface area contributed by atoms with Gasteiger partial charge in [0, 0.05) is 17.3 Å². The first-order valence-electron chi connectivity index (χ1n) is 6.20. The minimum absolute atomic E-state index is 0.321. The van der Waals surface area contributed by atoms with Crippen molar-refractivity contribution < 1.29 is 4.79 Å². The monoisotopic (exact) mass is 238 g/mol. The SMILES string of the molecule is Cc1nccc2ccc(C3(N=C=O)CCC3)cc12. The van der Waals surface area contributed by atoms with Crippen LogP contribution < -0.4 is 0 Å². The number of aryl methyl sites for hydroxylation is 1. The van der Waals surface area contributed by atoms with E-state index in [9.17, 15) is 4.79 Å². The number of carbonyl (C=O) groups excluding carboxylic acids is 1. The lowest BCUT2D eigenvalue weighted by atomic mass is 9.72. The van der Waals surface area contributed by atoms with Crippen LogP contribution >= 0.6 is 0 Å². The van der Waals surface area contributed by atoms with Crippen molar-refractivity contribution in [3.63, 3.8) is 0 Å². The van der Waals surface area contributed by atoms with Crippen molar-refractivity contribution in [2.45, 2.75) is 31.7 Å². The van der Waals surface area contributed by atoms with E-state index in [4.69, 9.17) is 0 Å². The Morgan fingerprint density at radius 1 is 1.33 bits per heavy atom. The molecule has 0 unspecified atom stereocenters. The summed E-state index contributed by atoms with van der Waals surface area (Å²) in [5.74, 6) is 0. The van der Waals surface area contributed by atoms with Crippen LogP contribution in [0.1, 0.15) is 30.5 Å². The molecule has 90 valence electrons. The van der Waals surface area contributed by atoms with Gasteiger partial charge in [-0.1, -0.05) is 12.1 Å². The molecule has 3 rings (SSSR count). The molecule has 0 bridgehead atoms. The highest BCUT2D eigenvalue weighted by Gasteiger charge is 2.38. The number of aromatic nitrogens is 1. The molecule has 2 aromatic rings. The Morgan fingerprint density at radius 2 is 2.17 bits per heavy atom. The van der Waals surface area contributed by atoms with E-state index in [-0.39, 0.29) is 5.54 Å². The van der Waals surface area contributed by atoms with E-state index >= 15 is 0 Å². The molecule has 0 saturated heterocycles. The topological polar surface area (TPSA) is 42.3 Å². The smallest absolute Gasteiger partial charge is 0.235 e. The second-order valence-electron chi connectivity index (χ2n) is 4.92. The highest BCUT2D eigenvalue weighted by atomic mass is 16.1. The summed E-state index contributed by atoms with van der Waals surface area (Å²) in [6, 6.07) is 8.28. The molecule has 1 aromatic carbocycles. The van der Waals surface area contributed by atoms with Crippen molar-refractivity contribution in [1.82, 2.24) is 4.98 Å². The summed E-state index contributed by atoms with van der Waals surface area (Å²) in [4.78, 5) is 19.0. The fourth-order valence-electron chi connectivity index (χ4n) is 2.67. The largest absolute Gasteiger partial charge is 0.261 e. The predicted octanol–water partition coefficient (Wildman–Crippen LogP) is 3.26. The maximum absolute atomic E-state index is 10.6. The lowest BCUT2D eigenvalue weighted by Crippen LogP contribution is -2.31. The number of pyridine rings is 1. The molecule has 3 heteroatoms. The molecule has 0 atom stereocenters. The van der Waals surface area contributed by atoms with E-state index in [1.54, 1.807) is 6.08 Å². The van der Waals surface area contributed by atoms with Gasteiger partial charge in [-0.15, -0.1) is 0 Å². The normalized spacial score (nSPS) is 16.9. The van der Waals surface area contributed by atoms with Gasteiger partial charge in [0.2, 0.25) is 6.08 Å². The first-order chi connectivity index (χ1) is 8.75. The zero-order chi connectivity index (χ0) is 12.6. The summed E-state index contributed by atoms with van der Waals surface area (Å²) in [5.41, 5.74) is 1.80. The van der Waals surface area contributed by atoms with E-state index in [1.807, 2.05) is 19.2 Å². The number of fused-ring (bicyclic) bond motifs is 1. The van der Waals surface area contributed by atoms with Crippen molar-refractivity contribution in [2.24, 2.45) is 4.99 Å². The fraction of sp³-hybridized carbons (Fsp3) is 0.333. The summed E-state index contributed by atoms with van der Waals surface area (Å²) in [5, 5.41) is 2.32. The standard InChI is InChI=1S/C15H14N2O/c1-11-14-9-13(4-3-12(14)5-8-16-11)15(17-10-18)6-2-7-15/h3-5,8-9H,2,6-7H2,1H3. The molecule has 0 radical (unpaired) electrons. The van der Waals surface area contributed by atoms with Crippen LogP contribution in [0.15, 0.2) is 35.5 Å². The first kappa shape index (κ1) is 11.1. The van der Waals surface area contributed by atoms with E-state index in [2.05, 4.69) is 28.2 Å². The van der Waals surface area contributed by atoms with Crippen LogP contribution in [-0.2, 0) is 10.3 Å². The van der Waals surface area contributed by atoms with Crippen LogP contribution in [0.25, 0.3) is 10.8 Å². The lowest BCUT2D eigenvalue weighted by molar-refractivity contribution is 0.256. The molecule has 1 heterocycles. The third kappa shape index (κ3) is 1.56. The average molecular weight is 238 g/mol. The maximum atomic E-state index is 10.6. The van der Waals surface area contributed by atoms with Crippen molar-refractivity contribution in [1.29, 1.82) is 0 Å². The highest BCUT2D eigenvalue weighted by Crippen LogP contribution is 2.45. The number of isocyanates is 1. The van der Waals surface area contributed by atoms with Crippen LogP contribution in [0.5, 0.6) is 0 Å². The van der Waals surface area contributed by atoms with E-state index in [0.29, 0.717) is 0 Å². The number of nitrogens with zero attached hydrogens (tertiary/aromatic N) is 2. The molecule has 1 aliphatic rings. The van der Waals surface area contributed by atoms with Crippen LogP contribution in [0.4, 0.5) is 0 Å². The first-order valence-corrected chi connectivity index (χ1v) is 6.20. The Balaban J connectivity index is 2.19. The second-order valence-corrected chi connectivity index (χ2v) is 4.92. The van der Waals surface area contributed by atoms with Crippen LogP contribution in [0.3, 0.4) is 0 Å². The number of rotatable bonds is 2. The Morgan fingerprint density at radius 3 is 2.83 bits per heavy atom. The minimum atomic E-state index is -0.321. The van der Waals surface area contributed by atoms with Crippen molar-refractivity contribution in [3.8, 4) is 0 Å². The predicted molar refractivity (Wildman–Crippen MR) is 70.1 cm³/mol. The van der Waals surface area contributed by atoms with E-state index in [1.165, 1.54) is 5.39 Å². The number of benzene rings is 1. The molecule has 1 saturated carbocycles. The molecular formula is C15H14N2O. The average Bonchev–Trinajstić information content (AvgIpc) is 2.34. The molecule has 0 N–H and O–H groups in total. The molecule has 0 aliphatic heterocycles. The van der Waals surface area contributed by atoms with Gasteiger partial charge in [0.05, 0.1) is 5.54 Å². The summed E-state index contributed by atoms with van der Waals surface area (Å²) >= 11 is 0. The highest BCUT2D eigenvalue weighted by molar-refractivity contribution is 5.85. The summed E-state index contributed by atoms with van der Waals surface area (Å²) < 4.78 is 0. The molecule has 0 spiro atoms. The summed E-state index contributed by atoms with van der Waals surface area (Å²) in [6.45, 7) is 2.00. The van der Waals surface area contributed by atoms with Gasteiger partial charge in [0.25, 0.3) is 0 Å². The Kier molecular flexibility index (Phi) is 2.49. The van der Waals surface area contributed by atoms with Gasteiger partial charge in [-0.3, -0.25) is 4.98 Å². The fourth-order valence-corrected chi connectivity index (χ4v) is 2.67. The van der Waals surface area contributed by atoms with Crippen molar-refractivity contribution >= 4 is 16.9 Å². The second kappa shape index (κ2) is 4.04. The Bertz CT molecular complexity index is 653. The molecule has 1 fully saturated rings. The molecule has 3 nitrogen and oxygen atoms in total. The molecule has 1 aromatic heterocycles. The summed E-state index contributed by atoms with van der Waals surface area (Å²) in [7, 11) is 0. The Labute approximate surface area is 106 Å². The van der Waals surface area contributed by atoms with Gasteiger partial charge in [-0.05, 0) is 49.3 Å². The van der Waals surface area contributed by atoms with E-state index in [0.717, 1.165) is 35.9 Å². The van der Waals surface area contributed by atoms with Crippen LogP contribution in [-0.4, -0.2) is 11.1 Å². The molecule has 1 aliphatic carbocycles. The maximum Gasteiger partial charge on any atom is 0.235 e. The lowest BCUT2D eigenvalue weighted by Gasteiger charge is -2.37. The molecular weight excluding hydrogens is 224 g/mol. The Hall–Kier alpha value is -1.99. The number of hydrogen-bond donors (Lipinski definition) is 0. The zero-order valence-corrected chi connectivity index (χ0v) is 10.3. The van der Waals surface area contributed by atoms with Gasteiger partial charge >= 0.3 is 0 Å². The van der Waals surface area contributed by atoms with Gasteiger partial charge in [0.1, 0.15) is 0 Å². The van der Waals surface area contributed by atoms with Gasteiger partial charge in [-0.2, -0.15) is 4.99 Å². The molecule has 18 heavy (non-hydrogen) atoms.